The minimum Gasteiger partial charge on any atom is -0.321 e. The number of amides is 1. The largest absolute Gasteiger partial charge is 0.321 e. The fraction of sp³-hybridized carbons (Fsp3) is 0.125. The van der Waals surface area contributed by atoms with Crippen molar-refractivity contribution in [1.82, 2.24) is 4.98 Å². The summed E-state index contributed by atoms with van der Waals surface area (Å²) < 4.78 is 0.742. The van der Waals surface area contributed by atoms with Crippen molar-refractivity contribution in [3.63, 3.8) is 0 Å². The summed E-state index contributed by atoms with van der Waals surface area (Å²) in [5, 5.41) is 2.85. The van der Waals surface area contributed by atoms with E-state index in [-0.39, 0.29) is 5.91 Å². The fourth-order valence-corrected chi connectivity index (χ4v) is 1.97. The third-order valence-electron chi connectivity index (χ3n) is 2.80. The number of hydrogen-bond donors (Lipinski definition) is 1. The zero-order chi connectivity index (χ0) is 14.4. The average molecular weight is 331 g/mol. The maximum atomic E-state index is 12.2. The van der Waals surface area contributed by atoms with Gasteiger partial charge >= 0.3 is 0 Å². The van der Waals surface area contributed by atoms with Crippen LogP contribution >= 0.6 is 15.9 Å². The molecule has 0 unspecified atom stereocenters. The number of hydrogen-bond acceptors (Lipinski definition) is 2. The van der Waals surface area contributed by atoms with E-state index in [2.05, 4.69) is 26.2 Å². The summed E-state index contributed by atoms with van der Waals surface area (Å²) >= 11 is 3.26. The van der Waals surface area contributed by atoms with E-state index in [1.165, 1.54) is 0 Å². The number of pyridine rings is 1. The molecule has 1 aromatic carbocycles. The normalized spacial score (nSPS) is 11.2. The summed E-state index contributed by atoms with van der Waals surface area (Å²) in [6.07, 6.45) is 4.20. The highest BCUT2D eigenvalue weighted by molar-refractivity contribution is 9.10. The van der Waals surface area contributed by atoms with Gasteiger partial charge in [-0.1, -0.05) is 37.3 Å². The molecule has 0 radical (unpaired) electrons. The number of benzene rings is 1. The maximum Gasteiger partial charge on any atom is 0.251 e. The first-order valence-electron chi connectivity index (χ1n) is 6.37. The molecule has 1 N–H and O–H groups in total. The minimum absolute atomic E-state index is 0.0968. The molecule has 0 fully saturated rings. The molecule has 1 aromatic heterocycles. The number of rotatable bonds is 4. The first-order chi connectivity index (χ1) is 9.69. The van der Waals surface area contributed by atoms with Crippen LogP contribution in [0.2, 0.25) is 0 Å². The van der Waals surface area contributed by atoms with Crippen molar-refractivity contribution in [3.8, 4) is 0 Å². The Morgan fingerprint density at radius 2 is 2.00 bits per heavy atom. The molecule has 0 atom stereocenters. The van der Waals surface area contributed by atoms with Crippen LogP contribution in [0.4, 0.5) is 5.69 Å². The Kier molecular flexibility index (Phi) is 5.07. The lowest BCUT2D eigenvalue weighted by molar-refractivity contribution is -0.112. The predicted octanol–water partition coefficient (Wildman–Crippen LogP) is 4.28. The Balaban J connectivity index is 2.13. The molecule has 1 heterocycles. The summed E-state index contributed by atoms with van der Waals surface area (Å²) in [5.74, 6) is -0.0968. The molecular weight excluding hydrogens is 316 g/mol. The second-order valence-electron chi connectivity index (χ2n) is 4.26. The number of nitrogens with one attached hydrogen (secondary N) is 1. The molecule has 102 valence electrons. The standard InChI is InChI=1S/C16H15BrN2O/c1-2-13(10-12-6-4-3-5-7-12)16(20)19-14-8-9-15(17)18-11-14/h3-11H,2H2,1H3,(H,19,20)/b13-10+. The van der Waals surface area contributed by atoms with E-state index >= 15 is 0 Å². The van der Waals surface area contributed by atoms with Crippen LogP contribution in [0, 0.1) is 0 Å². The van der Waals surface area contributed by atoms with E-state index in [1.54, 1.807) is 12.3 Å². The van der Waals surface area contributed by atoms with Crippen molar-refractivity contribution in [1.29, 1.82) is 0 Å². The second-order valence-corrected chi connectivity index (χ2v) is 5.07. The average Bonchev–Trinajstić information content (AvgIpc) is 2.48. The topological polar surface area (TPSA) is 42.0 Å². The van der Waals surface area contributed by atoms with Crippen molar-refractivity contribution >= 4 is 33.6 Å². The lowest BCUT2D eigenvalue weighted by Gasteiger charge is -2.07. The molecule has 0 bridgehead atoms. The van der Waals surface area contributed by atoms with Crippen LogP contribution in [0.5, 0.6) is 0 Å². The highest BCUT2D eigenvalue weighted by Crippen LogP contribution is 2.14. The SMILES string of the molecule is CC/C(=C\c1ccccc1)C(=O)Nc1ccc(Br)nc1. The van der Waals surface area contributed by atoms with Crippen LogP contribution in [-0.2, 0) is 4.79 Å². The number of aromatic nitrogens is 1. The van der Waals surface area contributed by atoms with Gasteiger partial charge in [0.25, 0.3) is 5.91 Å². The third-order valence-corrected chi connectivity index (χ3v) is 3.27. The molecule has 0 aliphatic rings. The Morgan fingerprint density at radius 1 is 1.25 bits per heavy atom. The van der Waals surface area contributed by atoms with Crippen molar-refractivity contribution in [2.45, 2.75) is 13.3 Å². The summed E-state index contributed by atoms with van der Waals surface area (Å²) in [6.45, 7) is 1.97. The number of carbonyl (C=O) groups excluding carboxylic acids is 1. The van der Waals surface area contributed by atoms with E-state index in [0.29, 0.717) is 12.1 Å². The van der Waals surface area contributed by atoms with Crippen LogP contribution < -0.4 is 5.32 Å². The monoisotopic (exact) mass is 330 g/mol. The molecule has 2 rings (SSSR count). The number of halogens is 1. The van der Waals surface area contributed by atoms with Crippen molar-refractivity contribution in [2.24, 2.45) is 0 Å². The van der Waals surface area contributed by atoms with Gasteiger partial charge in [-0.25, -0.2) is 4.98 Å². The molecule has 0 aliphatic heterocycles. The van der Waals surface area contributed by atoms with Gasteiger partial charge in [-0.3, -0.25) is 4.79 Å². The van der Waals surface area contributed by atoms with E-state index < -0.39 is 0 Å². The third kappa shape index (κ3) is 4.03. The van der Waals surface area contributed by atoms with Crippen molar-refractivity contribution < 1.29 is 4.79 Å². The molecule has 0 spiro atoms. The molecular formula is C16H15BrN2O. The Morgan fingerprint density at radius 3 is 2.60 bits per heavy atom. The van der Waals surface area contributed by atoms with Crippen molar-refractivity contribution in [3.05, 3.63) is 64.4 Å². The lowest BCUT2D eigenvalue weighted by atomic mass is 10.1. The smallest absolute Gasteiger partial charge is 0.251 e. The molecule has 3 nitrogen and oxygen atoms in total. The van der Waals surface area contributed by atoms with Gasteiger partial charge in [0.2, 0.25) is 0 Å². The van der Waals surface area contributed by atoms with Gasteiger partial charge < -0.3 is 5.32 Å². The van der Waals surface area contributed by atoms with Crippen LogP contribution in [-0.4, -0.2) is 10.9 Å². The number of anilines is 1. The molecule has 0 saturated carbocycles. The fourth-order valence-electron chi connectivity index (χ4n) is 1.74. The van der Waals surface area contributed by atoms with E-state index in [0.717, 1.165) is 15.7 Å². The van der Waals surface area contributed by atoms with Gasteiger partial charge in [-0.05, 0) is 46.1 Å². The molecule has 2 aromatic rings. The van der Waals surface area contributed by atoms with Gasteiger partial charge in [0.05, 0.1) is 11.9 Å². The maximum absolute atomic E-state index is 12.2. The van der Waals surface area contributed by atoms with Crippen LogP contribution in [0.25, 0.3) is 6.08 Å². The Hall–Kier alpha value is -1.94. The van der Waals surface area contributed by atoms with Gasteiger partial charge in [-0.15, -0.1) is 0 Å². The summed E-state index contributed by atoms with van der Waals surface area (Å²) in [5.41, 5.74) is 2.44. The molecule has 0 saturated heterocycles. The van der Waals surface area contributed by atoms with Gasteiger partial charge in [0.15, 0.2) is 0 Å². The number of carbonyl (C=O) groups is 1. The van der Waals surface area contributed by atoms with E-state index in [1.807, 2.05) is 49.4 Å². The Bertz CT molecular complexity index is 606. The van der Waals surface area contributed by atoms with Gasteiger partial charge in [-0.2, -0.15) is 0 Å². The van der Waals surface area contributed by atoms with E-state index in [9.17, 15) is 4.79 Å². The zero-order valence-corrected chi connectivity index (χ0v) is 12.7. The molecule has 20 heavy (non-hydrogen) atoms. The molecule has 0 aliphatic carbocycles. The van der Waals surface area contributed by atoms with Crippen LogP contribution in [0.15, 0.2) is 58.8 Å². The number of nitrogens with zero attached hydrogens (tertiary/aromatic N) is 1. The summed E-state index contributed by atoms with van der Waals surface area (Å²) in [4.78, 5) is 16.3. The second kappa shape index (κ2) is 7.01. The predicted molar refractivity (Wildman–Crippen MR) is 85.3 cm³/mol. The molecule has 1 amide bonds. The minimum atomic E-state index is -0.0968. The highest BCUT2D eigenvalue weighted by Gasteiger charge is 2.08. The van der Waals surface area contributed by atoms with Crippen LogP contribution in [0.1, 0.15) is 18.9 Å². The van der Waals surface area contributed by atoms with Gasteiger partial charge in [0, 0.05) is 5.57 Å². The van der Waals surface area contributed by atoms with Gasteiger partial charge in [0.1, 0.15) is 4.60 Å². The summed E-state index contributed by atoms with van der Waals surface area (Å²) in [7, 11) is 0. The van der Waals surface area contributed by atoms with Crippen LogP contribution in [0.3, 0.4) is 0 Å². The Labute approximate surface area is 126 Å². The quantitative estimate of drug-likeness (QED) is 0.671. The van der Waals surface area contributed by atoms with Crippen molar-refractivity contribution in [2.75, 3.05) is 5.32 Å². The highest BCUT2D eigenvalue weighted by atomic mass is 79.9. The zero-order valence-electron chi connectivity index (χ0n) is 11.1. The molecule has 4 heteroatoms. The summed E-state index contributed by atoms with van der Waals surface area (Å²) in [6, 6.07) is 13.4. The first-order valence-corrected chi connectivity index (χ1v) is 7.17. The first kappa shape index (κ1) is 14.5. The lowest BCUT2D eigenvalue weighted by Crippen LogP contribution is -2.14. The van der Waals surface area contributed by atoms with E-state index in [4.69, 9.17) is 0 Å².